The number of aryl methyl sites for hydroxylation is 2. The standard InChI is InChI=1S/C20H15FN2O/c1-12-7-8-14(13(2)9-12)19-10-16(17(11-22)20(24)23-19)15-5-3-4-6-18(15)21/h3-10H,1-2H3,(H,23,24). The van der Waals surface area contributed by atoms with Crippen molar-refractivity contribution in [3.63, 3.8) is 0 Å². The van der Waals surface area contributed by atoms with Crippen LogP contribution in [0.5, 0.6) is 0 Å². The van der Waals surface area contributed by atoms with Crippen molar-refractivity contribution in [3.8, 4) is 28.5 Å². The fourth-order valence-electron chi connectivity index (χ4n) is 2.82. The first kappa shape index (κ1) is 15.7. The molecule has 0 amide bonds. The van der Waals surface area contributed by atoms with Gasteiger partial charge in [-0.2, -0.15) is 5.26 Å². The van der Waals surface area contributed by atoms with Gasteiger partial charge in [0.15, 0.2) is 0 Å². The largest absolute Gasteiger partial charge is 0.321 e. The topological polar surface area (TPSA) is 56.6 Å². The fourth-order valence-corrected chi connectivity index (χ4v) is 2.82. The number of nitrogens with zero attached hydrogens (tertiary/aromatic N) is 1. The molecule has 3 nitrogen and oxygen atoms in total. The maximum Gasteiger partial charge on any atom is 0.266 e. The summed E-state index contributed by atoms with van der Waals surface area (Å²) in [5, 5.41) is 9.31. The van der Waals surface area contributed by atoms with E-state index < -0.39 is 11.4 Å². The number of aromatic amines is 1. The molecule has 0 aliphatic heterocycles. The van der Waals surface area contributed by atoms with Crippen LogP contribution in [0.25, 0.3) is 22.4 Å². The summed E-state index contributed by atoms with van der Waals surface area (Å²) in [5.74, 6) is -0.467. The lowest BCUT2D eigenvalue weighted by Crippen LogP contribution is -2.13. The molecule has 118 valence electrons. The monoisotopic (exact) mass is 318 g/mol. The summed E-state index contributed by atoms with van der Waals surface area (Å²) in [4.78, 5) is 15.1. The summed E-state index contributed by atoms with van der Waals surface area (Å²) in [5.41, 5.74) is 3.45. The van der Waals surface area contributed by atoms with Gasteiger partial charge in [-0.15, -0.1) is 0 Å². The minimum Gasteiger partial charge on any atom is -0.321 e. The van der Waals surface area contributed by atoms with E-state index in [1.165, 1.54) is 6.07 Å². The zero-order valence-electron chi connectivity index (χ0n) is 13.4. The number of halogens is 1. The van der Waals surface area contributed by atoms with Crippen LogP contribution in [-0.2, 0) is 0 Å². The number of pyridine rings is 1. The van der Waals surface area contributed by atoms with Crippen molar-refractivity contribution in [2.45, 2.75) is 13.8 Å². The lowest BCUT2D eigenvalue weighted by molar-refractivity contribution is 0.631. The Bertz CT molecular complexity index is 1030. The van der Waals surface area contributed by atoms with E-state index in [0.717, 1.165) is 16.7 Å². The molecule has 0 saturated carbocycles. The molecule has 0 aliphatic rings. The number of nitriles is 1. The van der Waals surface area contributed by atoms with E-state index in [2.05, 4.69) is 4.98 Å². The first-order valence-electron chi connectivity index (χ1n) is 7.51. The first-order valence-corrected chi connectivity index (χ1v) is 7.51. The zero-order valence-corrected chi connectivity index (χ0v) is 13.4. The van der Waals surface area contributed by atoms with Crippen LogP contribution in [0, 0.1) is 31.0 Å². The lowest BCUT2D eigenvalue weighted by Gasteiger charge is -2.11. The molecule has 0 fully saturated rings. The molecule has 0 aliphatic carbocycles. The molecular formula is C20H15FN2O. The van der Waals surface area contributed by atoms with Crippen molar-refractivity contribution >= 4 is 0 Å². The molecule has 1 heterocycles. The van der Waals surface area contributed by atoms with Crippen LogP contribution in [-0.4, -0.2) is 4.98 Å². The summed E-state index contributed by atoms with van der Waals surface area (Å²) >= 11 is 0. The van der Waals surface area contributed by atoms with Gasteiger partial charge in [0.05, 0.1) is 0 Å². The molecule has 0 bridgehead atoms. The summed E-state index contributed by atoms with van der Waals surface area (Å²) in [6, 6.07) is 15.5. The lowest BCUT2D eigenvalue weighted by atomic mass is 9.96. The third-order valence-corrected chi connectivity index (χ3v) is 3.98. The Morgan fingerprint density at radius 3 is 2.42 bits per heavy atom. The van der Waals surface area contributed by atoms with Gasteiger partial charge < -0.3 is 4.98 Å². The second kappa shape index (κ2) is 6.13. The zero-order chi connectivity index (χ0) is 17.3. The summed E-state index contributed by atoms with van der Waals surface area (Å²) < 4.78 is 14.2. The SMILES string of the molecule is Cc1ccc(-c2cc(-c3ccccc3F)c(C#N)c(=O)[nH]2)c(C)c1. The maximum atomic E-state index is 14.2. The van der Waals surface area contributed by atoms with Gasteiger partial charge in [-0.1, -0.05) is 42.0 Å². The van der Waals surface area contributed by atoms with E-state index >= 15 is 0 Å². The quantitative estimate of drug-likeness (QED) is 0.764. The summed E-state index contributed by atoms with van der Waals surface area (Å²) in [6.07, 6.45) is 0. The minimum atomic E-state index is -0.520. The Morgan fingerprint density at radius 1 is 1.00 bits per heavy atom. The van der Waals surface area contributed by atoms with Crippen LogP contribution in [0.15, 0.2) is 53.3 Å². The molecule has 1 aromatic heterocycles. The van der Waals surface area contributed by atoms with Crippen molar-refractivity contribution in [1.29, 1.82) is 5.26 Å². The van der Waals surface area contributed by atoms with Crippen molar-refractivity contribution in [2.24, 2.45) is 0 Å². The molecule has 0 radical (unpaired) electrons. The van der Waals surface area contributed by atoms with Gasteiger partial charge in [-0.05, 0) is 31.5 Å². The Balaban J connectivity index is 2.31. The average molecular weight is 318 g/mol. The van der Waals surface area contributed by atoms with Crippen molar-refractivity contribution in [3.05, 3.63) is 81.4 Å². The van der Waals surface area contributed by atoms with Gasteiger partial charge in [-0.25, -0.2) is 4.39 Å². The number of hydrogen-bond donors (Lipinski definition) is 1. The molecule has 3 aromatic rings. The molecular weight excluding hydrogens is 303 g/mol. The molecule has 0 spiro atoms. The minimum absolute atomic E-state index is 0.0892. The van der Waals surface area contributed by atoms with Gasteiger partial charge in [0, 0.05) is 22.4 Å². The van der Waals surface area contributed by atoms with Gasteiger partial charge in [0.2, 0.25) is 0 Å². The smallest absolute Gasteiger partial charge is 0.266 e. The average Bonchev–Trinajstić information content (AvgIpc) is 2.54. The highest BCUT2D eigenvalue weighted by Gasteiger charge is 2.15. The molecule has 1 N–H and O–H groups in total. The van der Waals surface area contributed by atoms with Crippen molar-refractivity contribution in [2.75, 3.05) is 0 Å². The van der Waals surface area contributed by atoms with E-state index in [9.17, 15) is 14.4 Å². The predicted molar refractivity (Wildman–Crippen MR) is 92.1 cm³/mol. The van der Waals surface area contributed by atoms with Crippen LogP contribution >= 0.6 is 0 Å². The van der Waals surface area contributed by atoms with Crippen LogP contribution < -0.4 is 5.56 Å². The molecule has 0 saturated heterocycles. The van der Waals surface area contributed by atoms with Gasteiger partial charge in [0.1, 0.15) is 17.4 Å². The van der Waals surface area contributed by atoms with Crippen LogP contribution in [0.1, 0.15) is 16.7 Å². The third-order valence-electron chi connectivity index (χ3n) is 3.98. The van der Waals surface area contributed by atoms with Crippen LogP contribution in [0.2, 0.25) is 0 Å². The van der Waals surface area contributed by atoms with Crippen LogP contribution in [0.3, 0.4) is 0 Å². The molecule has 4 heteroatoms. The van der Waals surface area contributed by atoms with Gasteiger partial charge >= 0.3 is 0 Å². The maximum absolute atomic E-state index is 14.2. The second-order valence-electron chi connectivity index (χ2n) is 5.71. The second-order valence-corrected chi connectivity index (χ2v) is 5.71. The highest BCUT2D eigenvalue weighted by molar-refractivity contribution is 5.76. The predicted octanol–water partition coefficient (Wildman–Crippen LogP) is 4.34. The number of rotatable bonds is 2. The Labute approximate surface area is 139 Å². The first-order chi connectivity index (χ1) is 11.5. The fraction of sp³-hybridized carbons (Fsp3) is 0.100. The van der Waals surface area contributed by atoms with Crippen molar-refractivity contribution < 1.29 is 4.39 Å². The highest BCUT2D eigenvalue weighted by atomic mass is 19.1. The van der Waals surface area contributed by atoms with E-state index in [1.807, 2.05) is 38.1 Å². The van der Waals surface area contributed by atoms with E-state index in [4.69, 9.17) is 0 Å². The van der Waals surface area contributed by atoms with Crippen LogP contribution in [0.4, 0.5) is 4.39 Å². The molecule has 0 unspecified atom stereocenters. The molecule has 3 rings (SSSR count). The number of hydrogen-bond acceptors (Lipinski definition) is 2. The normalized spacial score (nSPS) is 10.4. The number of nitrogens with one attached hydrogen (secondary N) is 1. The molecule has 24 heavy (non-hydrogen) atoms. The molecule has 0 atom stereocenters. The Morgan fingerprint density at radius 2 is 1.75 bits per heavy atom. The third kappa shape index (κ3) is 2.72. The van der Waals surface area contributed by atoms with E-state index in [0.29, 0.717) is 11.3 Å². The summed E-state index contributed by atoms with van der Waals surface area (Å²) in [7, 11) is 0. The van der Waals surface area contributed by atoms with Crippen molar-refractivity contribution in [1.82, 2.24) is 4.98 Å². The number of H-pyrrole nitrogens is 1. The Kier molecular flexibility index (Phi) is 4.01. The molecule has 2 aromatic carbocycles. The van der Waals surface area contributed by atoms with E-state index in [1.54, 1.807) is 24.3 Å². The van der Waals surface area contributed by atoms with Gasteiger partial charge in [0.25, 0.3) is 5.56 Å². The number of benzene rings is 2. The highest BCUT2D eigenvalue weighted by Crippen LogP contribution is 2.29. The van der Waals surface area contributed by atoms with E-state index in [-0.39, 0.29) is 11.1 Å². The number of aromatic nitrogens is 1. The van der Waals surface area contributed by atoms with Gasteiger partial charge in [-0.3, -0.25) is 4.79 Å². The Hall–Kier alpha value is -3.19. The summed E-state index contributed by atoms with van der Waals surface area (Å²) in [6.45, 7) is 3.94.